The van der Waals surface area contributed by atoms with Crippen LogP contribution < -0.4 is 5.32 Å². The van der Waals surface area contributed by atoms with Gasteiger partial charge in [-0.3, -0.25) is 4.90 Å². The Balaban J connectivity index is 1.52. The van der Waals surface area contributed by atoms with E-state index in [1.807, 2.05) is 6.07 Å². The molecule has 0 spiro atoms. The van der Waals surface area contributed by atoms with Crippen LogP contribution in [0.1, 0.15) is 5.56 Å². The van der Waals surface area contributed by atoms with Gasteiger partial charge < -0.3 is 10.2 Å². The van der Waals surface area contributed by atoms with E-state index in [1.54, 1.807) is 24.3 Å². The zero-order valence-electron chi connectivity index (χ0n) is 13.8. The van der Waals surface area contributed by atoms with Crippen LogP contribution >= 0.6 is 47.0 Å². The molecule has 1 saturated heterocycles. The Morgan fingerprint density at radius 3 is 2.38 bits per heavy atom. The molecule has 138 valence electrons. The number of nitrogens with zero attached hydrogens (tertiary/aromatic N) is 2. The highest BCUT2D eigenvalue weighted by atomic mass is 35.5. The van der Waals surface area contributed by atoms with Crippen LogP contribution in [-0.2, 0) is 6.54 Å². The average molecular weight is 433 g/mol. The number of piperazine rings is 1. The number of nitrogens with one attached hydrogen (secondary N) is 1. The Morgan fingerprint density at radius 1 is 1.00 bits per heavy atom. The van der Waals surface area contributed by atoms with Crippen molar-refractivity contribution in [2.24, 2.45) is 0 Å². The van der Waals surface area contributed by atoms with Crippen LogP contribution in [0.25, 0.3) is 0 Å². The van der Waals surface area contributed by atoms with Crippen molar-refractivity contribution in [2.45, 2.75) is 6.54 Å². The first kappa shape index (κ1) is 19.6. The van der Waals surface area contributed by atoms with Gasteiger partial charge in [-0.1, -0.05) is 40.9 Å². The number of thiocarbonyl (C=S) groups is 1. The fourth-order valence-electron chi connectivity index (χ4n) is 2.79. The van der Waals surface area contributed by atoms with E-state index in [-0.39, 0.29) is 5.02 Å². The molecular weight excluding hydrogens is 416 g/mol. The van der Waals surface area contributed by atoms with E-state index in [9.17, 15) is 4.39 Å². The van der Waals surface area contributed by atoms with Crippen molar-refractivity contribution in [1.82, 2.24) is 9.80 Å². The second-order valence-electron chi connectivity index (χ2n) is 6.07. The Bertz CT molecular complexity index is 810. The van der Waals surface area contributed by atoms with Crippen LogP contribution in [0.15, 0.2) is 36.4 Å². The van der Waals surface area contributed by atoms with E-state index in [0.717, 1.165) is 44.0 Å². The van der Waals surface area contributed by atoms with Crippen molar-refractivity contribution in [3.63, 3.8) is 0 Å². The van der Waals surface area contributed by atoms with Gasteiger partial charge >= 0.3 is 0 Å². The minimum absolute atomic E-state index is 0.159. The molecule has 0 amide bonds. The van der Waals surface area contributed by atoms with Crippen LogP contribution in [0, 0.1) is 5.82 Å². The SMILES string of the molecule is Fc1ccc(CN2CCN(C(=S)Nc3ccc(Cl)cc3Cl)CC2)cc1Cl. The molecule has 3 rings (SSSR count). The third-order valence-corrected chi connectivity index (χ3v) is 5.42. The molecule has 0 aromatic heterocycles. The first-order valence-electron chi connectivity index (χ1n) is 8.09. The van der Waals surface area contributed by atoms with Gasteiger partial charge in [0.1, 0.15) is 5.82 Å². The maximum absolute atomic E-state index is 13.3. The molecule has 2 aromatic carbocycles. The lowest BCUT2D eigenvalue weighted by molar-refractivity contribution is 0.177. The first-order chi connectivity index (χ1) is 12.4. The Hall–Kier alpha value is -1.11. The lowest BCUT2D eigenvalue weighted by Gasteiger charge is -2.36. The average Bonchev–Trinajstić information content (AvgIpc) is 2.61. The number of hydrogen-bond donors (Lipinski definition) is 1. The van der Waals surface area contributed by atoms with Crippen molar-refractivity contribution >= 4 is 57.8 Å². The van der Waals surface area contributed by atoms with Crippen LogP contribution in [-0.4, -0.2) is 41.1 Å². The summed E-state index contributed by atoms with van der Waals surface area (Å²) in [7, 11) is 0. The molecule has 1 aliphatic rings. The number of halogens is 4. The molecular formula is C18H17Cl3FN3S. The van der Waals surface area contributed by atoms with Gasteiger partial charge in [0.05, 0.1) is 15.7 Å². The normalized spacial score (nSPS) is 15.2. The first-order valence-corrected chi connectivity index (χ1v) is 9.64. The summed E-state index contributed by atoms with van der Waals surface area (Å²) in [5.74, 6) is -0.391. The summed E-state index contributed by atoms with van der Waals surface area (Å²) in [6.07, 6.45) is 0. The minimum atomic E-state index is -0.391. The Labute approximate surface area is 172 Å². The zero-order valence-corrected chi connectivity index (χ0v) is 16.9. The minimum Gasteiger partial charge on any atom is -0.346 e. The monoisotopic (exact) mass is 431 g/mol. The van der Waals surface area contributed by atoms with Crippen LogP contribution in [0.4, 0.5) is 10.1 Å². The predicted molar refractivity (Wildman–Crippen MR) is 111 cm³/mol. The number of benzene rings is 2. The lowest BCUT2D eigenvalue weighted by Crippen LogP contribution is -2.49. The van der Waals surface area contributed by atoms with Gasteiger partial charge in [0.15, 0.2) is 5.11 Å². The smallest absolute Gasteiger partial charge is 0.173 e. The molecule has 0 saturated carbocycles. The molecule has 0 unspecified atom stereocenters. The topological polar surface area (TPSA) is 18.5 Å². The summed E-state index contributed by atoms with van der Waals surface area (Å²) in [5, 5.41) is 5.09. The predicted octanol–water partition coefficient (Wildman–Crippen LogP) is 5.30. The van der Waals surface area contributed by atoms with E-state index in [2.05, 4.69) is 15.1 Å². The molecule has 0 bridgehead atoms. The molecule has 1 heterocycles. The van der Waals surface area contributed by atoms with E-state index in [1.165, 1.54) is 6.07 Å². The van der Waals surface area contributed by atoms with Crippen LogP contribution in [0.2, 0.25) is 15.1 Å². The molecule has 0 radical (unpaired) electrons. The van der Waals surface area contributed by atoms with Gasteiger partial charge in [0, 0.05) is 37.7 Å². The molecule has 1 aliphatic heterocycles. The van der Waals surface area contributed by atoms with Crippen molar-refractivity contribution in [3.8, 4) is 0 Å². The van der Waals surface area contributed by atoms with Crippen molar-refractivity contribution in [2.75, 3.05) is 31.5 Å². The van der Waals surface area contributed by atoms with Gasteiger partial charge in [-0.05, 0) is 48.1 Å². The standard InChI is InChI=1S/C18H17Cl3FN3S/c19-13-2-4-17(15(21)10-13)23-18(26)25-7-5-24(6-8-25)11-12-1-3-16(22)14(20)9-12/h1-4,9-10H,5-8,11H2,(H,23,26). The number of rotatable bonds is 3. The maximum Gasteiger partial charge on any atom is 0.173 e. The van der Waals surface area contributed by atoms with Gasteiger partial charge in [0.2, 0.25) is 0 Å². The van der Waals surface area contributed by atoms with Crippen molar-refractivity contribution in [3.05, 3.63) is 62.8 Å². The highest BCUT2D eigenvalue weighted by Crippen LogP contribution is 2.26. The molecule has 2 aromatic rings. The maximum atomic E-state index is 13.3. The fourth-order valence-corrected chi connectivity index (χ4v) is 3.74. The van der Waals surface area contributed by atoms with Gasteiger partial charge in [-0.25, -0.2) is 4.39 Å². The molecule has 1 fully saturated rings. The molecule has 8 heteroatoms. The van der Waals surface area contributed by atoms with Crippen molar-refractivity contribution in [1.29, 1.82) is 0 Å². The van der Waals surface area contributed by atoms with E-state index in [0.29, 0.717) is 15.2 Å². The molecule has 1 N–H and O–H groups in total. The highest BCUT2D eigenvalue weighted by molar-refractivity contribution is 7.80. The Kier molecular flexibility index (Phi) is 6.59. The van der Waals surface area contributed by atoms with Crippen molar-refractivity contribution < 1.29 is 4.39 Å². The molecule has 3 nitrogen and oxygen atoms in total. The summed E-state index contributed by atoms with van der Waals surface area (Å²) in [4.78, 5) is 4.40. The zero-order chi connectivity index (χ0) is 18.7. The summed E-state index contributed by atoms with van der Waals surface area (Å²) < 4.78 is 13.3. The van der Waals surface area contributed by atoms with Crippen LogP contribution in [0.5, 0.6) is 0 Å². The number of anilines is 1. The summed E-state index contributed by atoms with van der Waals surface area (Å²) >= 11 is 23.4. The summed E-state index contributed by atoms with van der Waals surface area (Å²) in [6, 6.07) is 10.1. The fraction of sp³-hybridized carbons (Fsp3) is 0.278. The Morgan fingerprint density at radius 2 is 1.73 bits per heavy atom. The summed E-state index contributed by atoms with van der Waals surface area (Å²) in [5.41, 5.74) is 1.74. The third-order valence-electron chi connectivity index (χ3n) is 4.22. The van der Waals surface area contributed by atoms with Gasteiger partial charge in [-0.15, -0.1) is 0 Å². The lowest BCUT2D eigenvalue weighted by atomic mass is 10.2. The van der Waals surface area contributed by atoms with Gasteiger partial charge in [-0.2, -0.15) is 0 Å². The second kappa shape index (κ2) is 8.72. The quantitative estimate of drug-likeness (QED) is 0.663. The highest BCUT2D eigenvalue weighted by Gasteiger charge is 2.19. The third kappa shape index (κ3) is 4.99. The second-order valence-corrected chi connectivity index (χ2v) is 7.70. The summed E-state index contributed by atoms with van der Waals surface area (Å²) in [6.45, 7) is 4.03. The molecule has 0 aliphatic carbocycles. The molecule has 26 heavy (non-hydrogen) atoms. The largest absolute Gasteiger partial charge is 0.346 e. The van der Waals surface area contributed by atoms with E-state index < -0.39 is 5.82 Å². The number of hydrogen-bond acceptors (Lipinski definition) is 2. The van der Waals surface area contributed by atoms with Crippen LogP contribution in [0.3, 0.4) is 0 Å². The van der Waals surface area contributed by atoms with E-state index in [4.69, 9.17) is 47.0 Å². The molecule has 0 atom stereocenters. The van der Waals surface area contributed by atoms with Gasteiger partial charge in [0.25, 0.3) is 0 Å². The van der Waals surface area contributed by atoms with E-state index >= 15 is 0 Å².